The minimum Gasteiger partial charge on any atom is -0.376 e. The van der Waals surface area contributed by atoms with Gasteiger partial charge in [0.2, 0.25) is 0 Å². The number of anilines is 1. The molecular weight excluding hydrogens is 241 g/mol. The molecule has 0 spiro atoms. The highest BCUT2D eigenvalue weighted by atomic mass is 19.1. The number of aryl methyl sites for hydroxylation is 1. The molecule has 0 saturated heterocycles. The van der Waals surface area contributed by atoms with Crippen LogP contribution in [0, 0.1) is 5.82 Å². The largest absolute Gasteiger partial charge is 0.376 e. The molecule has 0 saturated carbocycles. The molecule has 1 aromatic carbocycles. The van der Waals surface area contributed by atoms with E-state index in [1.807, 2.05) is 31.6 Å². The molecule has 0 amide bonds. The maximum absolute atomic E-state index is 13.0. The first-order valence-corrected chi connectivity index (χ1v) is 6.69. The van der Waals surface area contributed by atoms with Gasteiger partial charge in [0.1, 0.15) is 5.82 Å². The Hall–Kier alpha value is -1.84. The van der Waals surface area contributed by atoms with Crippen LogP contribution in [0.4, 0.5) is 10.1 Å². The quantitative estimate of drug-likeness (QED) is 0.854. The summed E-state index contributed by atoms with van der Waals surface area (Å²) in [5.41, 5.74) is 2.10. The van der Waals surface area contributed by atoms with Crippen LogP contribution in [0.25, 0.3) is 0 Å². The maximum atomic E-state index is 13.0. The molecule has 1 aromatic heterocycles. The number of hydrogen-bond acceptors (Lipinski definition) is 2. The summed E-state index contributed by atoms with van der Waals surface area (Å²) >= 11 is 0. The van der Waals surface area contributed by atoms with Gasteiger partial charge in [-0.05, 0) is 24.1 Å². The zero-order chi connectivity index (χ0) is 13.7. The van der Waals surface area contributed by atoms with E-state index < -0.39 is 0 Å². The van der Waals surface area contributed by atoms with E-state index in [4.69, 9.17) is 0 Å². The summed E-state index contributed by atoms with van der Waals surface area (Å²) < 4.78 is 14.8. The molecule has 0 bridgehead atoms. The SMILES string of the molecule is CCCCC(Nc1cnn(C)c1)c1ccc(F)cc1. The molecule has 0 aliphatic heterocycles. The summed E-state index contributed by atoms with van der Waals surface area (Å²) in [6.07, 6.45) is 7.06. The summed E-state index contributed by atoms with van der Waals surface area (Å²) in [4.78, 5) is 0. The Balaban J connectivity index is 2.13. The third kappa shape index (κ3) is 3.81. The zero-order valence-electron chi connectivity index (χ0n) is 11.4. The van der Waals surface area contributed by atoms with E-state index in [0.717, 1.165) is 30.5 Å². The number of rotatable bonds is 6. The first-order valence-electron chi connectivity index (χ1n) is 6.69. The van der Waals surface area contributed by atoms with Crippen molar-refractivity contribution >= 4 is 5.69 Å². The van der Waals surface area contributed by atoms with Crippen LogP contribution in [-0.4, -0.2) is 9.78 Å². The van der Waals surface area contributed by atoms with Gasteiger partial charge in [-0.3, -0.25) is 4.68 Å². The lowest BCUT2D eigenvalue weighted by atomic mass is 10.0. The van der Waals surface area contributed by atoms with Crippen LogP contribution in [0.15, 0.2) is 36.7 Å². The number of benzene rings is 1. The Labute approximate surface area is 113 Å². The van der Waals surface area contributed by atoms with Crippen LogP contribution >= 0.6 is 0 Å². The van der Waals surface area contributed by atoms with Crippen molar-refractivity contribution in [3.63, 3.8) is 0 Å². The highest BCUT2D eigenvalue weighted by molar-refractivity contribution is 5.41. The number of nitrogens with one attached hydrogen (secondary N) is 1. The summed E-state index contributed by atoms with van der Waals surface area (Å²) in [6, 6.07) is 6.92. The van der Waals surface area contributed by atoms with Gasteiger partial charge in [-0.1, -0.05) is 31.9 Å². The van der Waals surface area contributed by atoms with Gasteiger partial charge in [-0.2, -0.15) is 5.10 Å². The predicted octanol–water partition coefficient (Wildman–Crippen LogP) is 3.90. The number of aromatic nitrogens is 2. The molecule has 4 heteroatoms. The zero-order valence-corrected chi connectivity index (χ0v) is 11.4. The molecule has 102 valence electrons. The molecule has 2 aromatic rings. The van der Waals surface area contributed by atoms with E-state index >= 15 is 0 Å². The highest BCUT2D eigenvalue weighted by Crippen LogP contribution is 2.24. The maximum Gasteiger partial charge on any atom is 0.123 e. The summed E-state index contributed by atoms with van der Waals surface area (Å²) in [5, 5.41) is 7.62. The average Bonchev–Trinajstić information content (AvgIpc) is 2.81. The molecule has 2 rings (SSSR count). The van der Waals surface area contributed by atoms with Crippen molar-refractivity contribution in [1.29, 1.82) is 0 Å². The van der Waals surface area contributed by atoms with Crippen molar-refractivity contribution in [1.82, 2.24) is 9.78 Å². The third-order valence-electron chi connectivity index (χ3n) is 3.16. The minimum atomic E-state index is -0.195. The summed E-state index contributed by atoms with van der Waals surface area (Å²) in [6.45, 7) is 2.17. The molecule has 19 heavy (non-hydrogen) atoms. The molecule has 1 N–H and O–H groups in total. The summed E-state index contributed by atoms with van der Waals surface area (Å²) in [5.74, 6) is -0.195. The van der Waals surface area contributed by atoms with Gasteiger partial charge >= 0.3 is 0 Å². The van der Waals surface area contributed by atoms with E-state index in [-0.39, 0.29) is 11.9 Å². The Morgan fingerprint density at radius 2 is 2.05 bits per heavy atom. The number of nitrogens with zero attached hydrogens (tertiary/aromatic N) is 2. The van der Waals surface area contributed by atoms with Crippen molar-refractivity contribution in [3.05, 3.63) is 48.0 Å². The summed E-state index contributed by atoms with van der Waals surface area (Å²) in [7, 11) is 1.89. The van der Waals surface area contributed by atoms with Gasteiger partial charge in [0.15, 0.2) is 0 Å². The van der Waals surface area contributed by atoms with Crippen LogP contribution < -0.4 is 5.32 Å². The second-order valence-electron chi connectivity index (χ2n) is 4.79. The average molecular weight is 261 g/mol. The van der Waals surface area contributed by atoms with Gasteiger partial charge in [0.05, 0.1) is 17.9 Å². The second kappa shape index (κ2) is 6.36. The molecule has 0 radical (unpaired) electrons. The van der Waals surface area contributed by atoms with Crippen LogP contribution in [-0.2, 0) is 7.05 Å². The van der Waals surface area contributed by atoms with E-state index in [1.54, 1.807) is 4.68 Å². The monoisotopic (exact) mass is 261 g/mol. The molecule has 0 aliphatic rings. The lowest BCUT2D eigenvalue weighted by Crippen LogP contribution is -2.10. The second-order valence-corrected chi connectivity index (χ2v) is 4.79. The Morgan fingerprint density at radius 3 is 2.63 bits per heavy atom. The molecule has 0 aliphatic carbocycles. The van der Waals surface area contributed by atoms with Crippen LogP contribution in [0.5, 0.6) is 0 Å². The number of hydrogen-bond donors (Lipinski definition) is 1. The predicted molar refractivity (Wildman–Crippen MR) is 75.5 cm³/mol. The standard InChI is InChI=1S/C15H20FN3/c1-3-4-5-15(12-6-8-13(16)9-7-12)18-14-10-17-19(2)11-14/h6-11,15,18H,3-5H2,1-2H3. The van der Waals surface area contributed by atoms with E-state index in [2.05, 4.69) is 17.3 Å². The van der Waals surface area contributed by atoms with Crippen LogP contribution in [0.1, 0.15) is 37.8 Å². The van der Waals surface area contributed by atoms with E-state index in [1.165, 1.54) is 12.1 Å². The van der Waals surface area contributed by atoms with Crippen molar-refractivity contribution in [2.45, 2.75) is 32.2 Å². The van der Waals surface area contributed by atoms with E-state index in [9.17, 15) is 4.39 Å². The van der Waals surface area contributed by atoms with Gasteiger partial charge < -0.3 is 5.32 Å². The van der Waals surface area contributed by atoms with Crippen LogP contribution in [0.3, 0.4) is 0 Å². The minimum absolute atomic E-state index is 0.195. The van der Waals surface area contributed by atoms with E-state index in [0.29, 0.717) is 0 Å². The number of unbranched alkanes of at least 4 members (excludes halogenated alkanes) is 1. The Morgan fingerprint density at radius 1 is 1.32 bits per heavy atom. The fourth-order valence-corrected chi connectivity index (χ4v) is 2.12. The fraction of sp³-hybridized carbons (Fsp3) is 0.400. The first kappa shape index (κ1) is 13.6. The third-order valence-corrected chi connectivity index (χ3v) is 3.16. The van der Waals surface area contributed by atoms with Crippen molar-refractivity contribution in [3.8, 4) is 0 Å². The fourth-order valence-electron chi connectivity index (χ4n) is 2.12. The normalized spacial score (nSPS) is 12.4. The first-order chi connectivity index (χ1) is 9.19. The number of halogens is 1. The van der Waals surface area contributed by atoms with Crippen LogP contribution in [0.2, 0.25) is 0 Å². The van der Waals surface area contributed by atoms with Gasteiger partial charge in [-0.25, -0.2) is 4.39 Å². The molecule has 3 nitrogen and oxygen atoms in total. The molecule has 0 fully saturated rings. The topological polar surface area (TPSA) is 29.9 Å². The van der Waals surface area contributed by atoms with Gasteiger partial charge in [0, 0.05) is 13.2 Å². The smallest absolute Gasteiger partial charge is 0.123 e. The lowest BCUT2D eigenvalue weighted by molar-refractivity contribution is 0.616. The molecule has 1 unspecified atom stereocenters. The molecule has 1 atom stereocenters. The molecule has 1 heterocycles. The van der Waals surface area contributed by atoms with Crippen molar-refractivity contribution in [2.24, 2.45) is 7.05 Å². The lowest BCUT2D eigenvalue weighted by Gasteiger charge is -2.19. The van der Waals surface area contributed by atoms with Crippen molar-refractivity contribution in [2.75, 3.05) is 5.32 Å². The van der Waals surface area contributed by atoms with Crippen molar-refractivity contribution < 1.29 is 4.39 Å². The van der Waals surface area contributed by atoms with Gasteiger partial charge in [-0.15, -0.1) is 0 Å². The highest BCUT2D eigenvalue weighted by Gasteiger charge is 2.11. The Kier molecular flexibility index (Phi) is 4.55. The molecular formula is C15H20FN3. The Bertz CT molecular complexity index is 504. The van der Waals surface area contributed by atoms with Gasteiger partial charge in [0.25, 0.3) is 0 Å².